The van der Waals surface area contributed by atoms with E-state index < -0.39 is 0 Å². The summed E-state index contributed by atoms with van der Waals surface area (Å²) in [6, 6.07) is 0. The Bertz CT molecular complexity index is 305. The Morgan fingerprint density at radius 1 is 1.25 bits per heavy atom. The summed E-state index contributed by atoms with van der Waals surface area (Å²) in [6.07, 6.45) is 0. The zero-order valence-corrected chi connectivity index (χ0v) is 8.12. The Morgan fingerprint density at radius 2 is 1.83 bits per heavy atom. The van der Waals surface area contributed by atoms with Crippen molar-refractivity contribution in [1.29, 1.82) is 0 Å². The standard InChI is InChI=1S/C9H10O2S/c1-5-8(6(2)10)4-12-9(5)7(3)11/h4H,1-3H3. The van der Waals surface area contributed by atoms with Gasteiger partial charge in [-0.1, -0.05) is 0 Å². The lowest BCUT2D eigenvalue weighted by atomic mass is 10.1. The summed E-state index contributed by atoms with van der Waals surface area (Å²) >= 11 is 1.34. The monoisotopic (exact) mass is 182 g/mol. The molecule has 0 aromatic carbocycles. The van der Waals surface area contributed by atoms with Crippen molar-refractivity contribution in [2.75, 3.05) is 0 Å². The first-order chi connectivity index (χ1) is 5.54. The first-order valence-electron chi connectivity index (χ1n) is 3.64. The molecule has 0 saturated heterocycles. The molecule has 0 aliphatic rings. The number of hydrogen-bond acceptors (Lipinski definition) is 3. The molecule has 12 heavy (non-hydrogen) atoms. The second-order valence-corrected chi connectivity index (χ2v) is 3.60. The highest BCUT2D eigenvalue weighted by Gasteiger charge is 2.13. The van der Waals surface area contributed by atoms with Crippen molar-refractivity contribution in [3.63, 3.8) is 0 Å². The molecule has 0 fully saturated rings. The van der Waals surface area contributed by atoms with Crippen LogP contribution < -0.4 is 0 Å². The fraction of sp³-hybridized carbons (Fsp3) is 0.333. The molecule has 0 bridgehead atoms. The zero-order chi connectivity index (χ0) is 9.30. The molecule has 0 radical (unpaired) electrons. The van der Waals surface area contributed by atoms with Crippen LogP contribution in [0.3, 0.4) is 0 Å². The third-order valence-electron chi connectivity index (χ3n) is 1.74. The number of carbonyl (C=O) groups excluding carboxylic acids is 2. The van der Waals surface area contributed by atoms with Crippen molar-refractivity contribution in [1.82, 2.24) is 0 Å². The summed E-state index contributed by atoms with van der Waals surface area (Å²) in [5, 5.41) is 1.74. The second kappa shape index (κ2) is 3.19. The molecule has 0 aliphatic heterocycles. The van der Waals surface area contributed by atoms with E-state index >= 15 is 0 Å². The third-order valence-corrected chi connectivity index (χ3v) is 2.92. The molecular formula is C9H10O2S. The van der Waals surface area contributed by atoms with Crippen LogP contribution in [0.1, 0.15) is 39.4 Å². The first-order valence-corrected chi connectivity index (χ1v) is 4.52. The van der Waals surface area contributed by atoms with Crippen LogP contribution in [0.15, 0.2) is 5.38 Å². The quantitative estimate of drug-likeness (QED) is 0.658. The van der Waals surface area contributed by atoms with Crippen LogP contribution in [0.2, 0.25) is 0 Å². The van der Waals surface area contributed by atoms with Crippen LogP contribution in [-0.4, -0.2) is 11.6 Å². The number of Topliss-reactive ketones (excluding diaryl/α,β-unsaturated/α-hetero) is 2. The highest BCUT2D eigenvalue weighted by atomic mass is 32.1. The lowest BCUT2D eigenvalue weighted by molar-refractivity contribution is 0.101. The average Bonchev–Trinajstić information content (AvgIpc) is 2.30. The number of hydrogen-bond donors (Lipinski definition) is 0. The topological polar surface area (TPSA) is 34.1 Å². The van der Waals surface area contributed by atoms with E-state index in [2.05, 4.69) is 0 Å². The number of ketones is 2. The largest absolute Gasteiger partial charge is 0.294 e. The van der Waals surface area contributed by atoms with Crippen LogP contribution in [0.25, 0.3) is 0 Å². The minimum atomic E-state index is 0.0243. The Morgan fingerprint density at radius 3 is 2.08 bits per heavy atom. The molecule has 0 unspecified atom stereocenters. The lowest BCUT2D eigenvalue weighted by Crippen LogP contribution is -1.95. The van der Waals surface area contributed by atoms with Crippen molar-refractivity contribution >= 4 is 22.9 Å². The van der Waals surface area contributed by atoms with Gasteiger partial charge in [-0.05, 0) is 26.3 Å². The summed E-state index contributed by atoms with van der Waals surface area (Å²) in [5.41, 5.74) is 1.49. The van der Waals surface area contributed by atoms with Gasteiger partial charge in [0.15, 0.2) is 11.6 Å². The number of thiophene rings is 1. The molecule has 0 spiro atoms. The van der Waals surface area contributed by atoms with E-state index in [0.29, 0.717) is 10.4 Å². The van der Waals surface area contributed by atoms with E-state index in [1.54, 1.807) is 5.38 Å². The van der Waals surface area contributed by atoms with Crippen LogP contribution in [0, 0.1) is 6.92 Å². The van der Waals surface area contributed by atoms with Gasteiger partial charge in [0, 0.05) is 10.9 Å². The maximum absolute atomic E-state index is 11.0. The SMILES string of the molecule is CC(=O)c1csc(C(C)=O)c1C. The molecule has 0 aliphatic carbocycles. The minimum absolute atomic E-state index is 0.0243. The number of carbonyl (C=O) groups is 2. The van der Waals surface area contributed by atoms with E-state index in [-0.39, 0.29) is 11.6 Å². The Balaban J connectivity index is 3.22. The van der Waals surface area contributed by atoms with Gasteiger partial charge in [0.2, 0.25) is 0 Å². The molecule has 0 atom stereocenters. The van der Waals surface area contributed by atoms with Gasteiger partial charge in [-0.25, -0.2) is 0 Å². The van der Waals surface area contributed by atoms with Crippen molar-refractivity contribution in [2.24, 2.45) is 0 Å². The molecule has 0 amide bonds. The van der Waals surface area contributed by atoms with E-state index in [0.717, 1.165) is 5.56 Å². The fourth-order valence-corrected chi connectivity index (χ4v) is 2.14. The summed E-state index contributed by atoms with van der Waals surface area (Å²) in [7, 11) is 0. The molecule has 64 valence electrons. The van der Waals surface area contributed by atoms with Gasteiger partial charge in [0.25, 0.3) is 0 Å². The van der Waals surface area contributed by atoms with Crippen molar-refractivity contribution in [3.05, 3.63) is 21.4 Å². The average molecular weight is 182 g/mol. The molecule has 1 aromatic heterocycles. The minimum Gasteiger partial charge on any atom is -0.294 e. The van der Waals surface area contributed by atoms with Crippen molar-refractivity contribution in [3.8, 4) is 0 Å². The highest BCUT2D eigenvalue weighted by molar-refractivity contribution is 7.12. The zero-order valence-electron chi connectivity index (χ0n) is 7.30. The van der Waals surface area contributed by atoms with Crippen LogP contribution in [0.5, 0.6) is 0 Å². The van der Waals surface area contributed by atoms with Gasteiger partial charge >= 0.3 is 0 Å². The smallest absolute Gasteiger partial charge is 0.170 e. The van der Waals surface area contributed by atoms with Gasteiger partial charge in [-0.3, -0.25) is 9.59 Å². The Kier molecular flexibility index (Phi) is 2.43. The van der Waals surface area contributed by atoms with Gasteiger partial charge in [-0.15, -0.1) is 11.3 Å². The maximum Gasteiger partial charge on any atom is 0.170 e. The van der Waals surface area contributed by atoms with Gasteiger partial charge in [0.05, 0.1) is 4.88 Å². The molecule has 1 heterocycles. The van der Waals surface area contributed by atoms with Gasteiger partial charge in [-0.2, -0.15) is 0 Å². The van der Waals surface area contributed by atoms with Crippen LogP contribution in [0.4, 0.5) is 0 Å². The van der Waals surface area contributed by atoms with E-state index in [1.165, 1.54) is 25.2 Å². The van der Waals surface area contributed by atoms with Crippen molar-refractivity contribution < 1.29 is 9.59 Å². The summed E-state index contributed by atoms with van der Waals surface area (Å²) in [6.45, 7) is 4.84. The van der Waals surface area contributed by atoms with Gasteiger partial charge < -0.3 is 0 Å². The molecule has 1 rings (SSSR count). The van der Waals surface area contributed by atoms with Crippen molar-refractivity contribution in [2.45, 2.75) is 20.8 Å². The van der Waals surface area contributed by atoms with E-state index in [4.69, 9.17) is 0 Å². The summed E-state index contributed by atoms with van der Waals surface area (Å²) < 4.78 is 0. The van der Waals surface area contributed by atoms with E-state index in [9.17, 15) is 9.59 Å². The maximum atomic E-state index is 11.0. The van der Waals surface area contributed by atoms with Crippen LogP contribution >= 0.6 is 11.3 Å². The first kappa shape index (κ1) is 9.13. The normalized spacial score (nSPS) is 9.92. The highest BCUT2D eigenvalue weighted by Crippen LogP contribution is 2.22. The van der Waals surface area contributed by atoms with Crippen LogP contribution in [-0.2, 0) is 0 Å². The third kappa shape index (κ3) is 1.46. The Labute approximate surface area is 75.2 Å². The van der Waals surface area contributed by atoms with E-state index in [1.807, 2.05) is 6.92 Å². The number of rotatable bonds is 2. The molecular weight excluding hydrogens is 172 g/mol. The molecule has 0 saturated carbocycles. The molecule has 1 aromatic rings. The molecule has 0 N–H and O–H groups in total. The Hall–Kier alpha value is -0.960. The fourth-order valence-electron chi connectivity index (χ4n) is 1.11. The van der Waals surface area contributed by atoms with Gasteiger partial charge in [0.1, 0.15) is 0 Å². The summed E-state index contributed by atoms with van der Waals surface area (Å²) in [4.78, 5) is 22.7. The molecule has 3 heteroatoms. The predicted octanol–water partition coefficient (Wildman–Crippen LogP) is 2.46. The lowest BCUT2D eigenvalue weighted by Gasteiger charge is -1.93. The summed E-state index contributed by atoms with van der Waals surface area (Å²) in [5.74, 6) is 0.0567. The second-order valence-electron chi connectivity index (χ2n) is 2.72. The molecule has 2 nitrogen and oxygen atoms in total. The predicted molar refractivity (Wildman–Crippen MR) is 49.1 cm³/mol.